The highest BCUT2D eigenvalue weighted by atomic mass is 32.2. The Hall–Kier alpha value is -1.78. The third-order valence-corrected chi connectivity index (χ3v) is 6.13. The fraction of sp³-hybridized carbons (Fsp3) is 0.562. The average Bonchev–Trinajstić information content (AvgIpc) is 3.10. The van der Waals surface area contributed by atoms with E-state index in [0.717, 1.165) is 48.4 Å². The molecule has 1 aliphatic rings. The number of carbonyl (C=O) groups is 1. The number of aliphatic hydroxyl groups excluding tert-OH is 1. The topological polar surface area (TPSA) is 110 Å². The van der Waals surface area contributed by atoms with Crippen molar-refractivity contribution in [2.75, 3.05) is 17.7 Å². The summed E-state index contributed by atoms with van der Waals surface area (Å²) in [5.41, 5.74) is 1.62. The van der Waals surface area contributed by atoms with E-state index in [1.165, 1.54) is 23.1 Å². The zero-order valence-corrected chi connectivity index (χ0v) is 16.2. The SMILES string of the molecule is CCc1nnc(NC(=O)CSc2nc(=O)n(CCO)c3c2CCCC3)s1. The first-order valence-electron chi connectivity index (χ1n) is 8.60. The second-order valence-corrected chi connectivity index (χ2v) is 7.92. The number of aliphatic hydroxyl groups is 1. The summed E-state index contributed by atoms with van der Waals surface area (Å²) in [5.74, 6) is -0.0380. The minimum Gasteiger partial charge on any atom is -0.395 e. The highest BCUT2D eigenvalue weighted by Gasteiger charge is 2.21. The van der Waals surface area contributed by atoms with Crippen LogP contribution in [0.25, 0.3) is 0 Å². The Morgan fingerprint density at radius 2 is 2.15 bits per heavy atom. The molecule has 2 aromatic rings. The van der Waals surface area contributed by atoms with E-state index in [2.05, 4.69) is 20.5 Å². The summed E-state index contributed by atoms with van der Waals surface area (Å²) < 4.78 is 1.56. The number of hydrogen-bond acceptors (Lipinski definition) is 8. The summed E-state index contributed by atoms with van der Waals surface area (Å²) in [5, 5.41) is 21.8. The number of carbonyl (C=O) groups excluding carboxylic acids is 1. The summed E-state index contributed by atoms with van der Waals surface area (Å²) in [6, 6.07) is 0. The predicted molar refractivity (Wildman–Crippen MR) is 101 cm³/mol. The molecular weight excluding hydrogens is 374 g/mol. The first kappa shape index (κ1) is 19.0. The minimum atomic E-state index is -0.362. The zero-order chi connectivity index (χ0) is 18.5. The fourth-order valence-corrected chi connectivity index (χ4v) is 4.51. The maximum Gasteiger partial charge on any atom is 0.348 e. The summed E-state index contributed by atoms with van der Waals surface area (Å²) >= 11 is 2.63. The molecule has 0 aliphatic heterocycles. The van der Waals surface area contributed by atoms with Crippen molar-refractivity contribution in [1.82, 2.24) is 19.7 Å². The van der Waals surface area contributed by atoms with Gasteiger partial charge in [-0.1, -0.05) is 30.0 Å². The molecule has 0 radical (unpaired) electrons. The number of aryl methyl sites for hydroxylation is 1. The van der Waals surface area contributed by atoms with Crippen molar-refractivity contribution in [2.24, 2.45) is 0 Å². The Labute approximate surface area is 159 Å². The van der Waals surface area contributed by atoms with Gasteiger partial charge in [-0.05, 0) is 32.1 Å². The number of nitrogens with one attached hydrogen (secondary N) is 1. The molecule has 0 fully saturated rings. The van der Waals surface area contributed by atoms with Crippen LogP contribution in [-0.2, 0) is 30.6 Å². The van der Waals surface area contributed by atoms with Gasteiger partial charge in [-0.3, -0.25) is 14.7 Å². The fourth-order valence-electron chi connectivity index (χ4n) is 2.93. The van der Waals surface area contributed by atoms with E-state index < -0.39 is 0 Å². The summed E-state index contributed by atoms with van der Waals surface area (Å²) in [6.07, 6.45) is 4.48. The smallest absolute Gasteiger partial charge is 0.348 e. The molecule has 2 heterocycles. The van der Waals surface area contributed by atoms with Crippen molar-refractivity contribution < 1.29 is 9.90 Å². The van der Waals surface area contributed by atoms with Gasteiger partial charge in [-0.25, -0.2) is 4.79 Å². The Morgan fingerprint density at radius 3 is 2.88 bits per heavy atom. The van der Waals surface area contributed by atoms with Gasteiger partial charge in [0.15, 0.2) is 0 Å². The van der Waals surface area contributed by atoms with Gasteiger partial charge in [0.25, 0.3) is 0 Å². The van der Waals surface area contributed by atoms with Gasteiger partial charge < -0.3 is 5.11 Å². The van der Waals surface area contributed by atoms with E-state index in [0.29, 0.717) is 10.2 Å². The van der Waals surface area contributed by atoms with Crippen molar-refractivity contribution in [3.05, 3.63) is 26.7 Å². The lowest BCUT2D eigenvalue weighted by molar-refractivity contribution is -0.113. The van der Waals surface area contributed by atoms with Gasteiger partial charge in [0.05, 0.1) is 18.9 Å². The maximum absolute atomic E-state index is 12.3. The third kappa shape index (κ3) is 4.30. The van der Waals surface area contributed by atoms with E-state index in [-0.39, 0.29) is 30.5 Å². The monoisotopic (exact) mass is 395 g/mol. The average molecular weight is 396 g/mol. The lowest BCUT2D eigenvalue weighted by Gasteiger charge is -2.22. The van der Waals surface area contributed by atoms with Crippen LogP contribution in [-0.4, -0.2) is 43.1 Å². The number of anilines is 1. The Morgan fingerprint density at radius 1 is 1.35 bits per heavy atom. The number of thioether (sulfide) groups is 1. The van der Waals surface area contributed by atoms with Crippen LogP contribution in [0.1, 0.15) is 36.0 Å². The van der Waals surface area contributed by atoms with Crippen LogP contribution in [0.4, 0.5) is 5.13 Å². The number of amides is 1. The number of fused-ring (bicyclic) bond motifs is 1. The largest absolute Gasteiger partial charge is 0.395 e. The lowest BCUT2D eigenvalue weighted by atomic mass is 9.97. The molecule has 3 rings (SSSR count). The molecule has 0 saturated heterocycles. The highest BCUT2D eigenvalue weighted by Crippen LogP contribution is 2.28. The summed E-state index contributed by atoms with van der Waals surface area (Å²) in [7, 11) is 0. The van der Waals surface area contributed by atoms with Gasteiger partial charge in [0.1, 0.15) is 10.0 Å². The lowest BCUT2D eigenvalue weighted by Crippen LogP contribution is -2.31. The highest BCUT2D eigenvalue weighted by molar-refractivity contribution is 8.00. The molecule has 1 aliphatic carbocycles. The van der Waals surface area contributed by atoms with E-state index >= 15 is 0 Å². The molecule has 1 amide bonds. The number of aromatic nitrogens is 4. The molecule has 0 aromatic carbocycles. The van der Waals surface area contributed by atoms with Crippen LogP contribution >= 0.6 is 23.1 Å². The molecule has 10 heteroatoms. The molecule has 0 spiro atoms. The van der Waals surface area contributed by atoms with Crippen LogP contribution in [0.15, 0.2) is 9.82 Å². The molecule has 0 bridgehead atoms. The molecule has 8 nitrogen and oxygen atoms in total. The van der Waals surface area contributed by atoms with Crippen molar-refractivity contribution in [2.45, 2.75) is 50.6 Å². The van der Waals surface area contributed by atoms with Gasteiger partial charge in [0.2, 0.25) is 11.0 Å². The van der Waals surface area contributed by atoms with Crippen molar-refractivity contribution in [3.63, 3.8) is 0 Å². The predicted octanol–water partition coefficient (Wildman–Crippen LogP) is 1.26. The molecule has 0 unspecified atom stereocenters. The first-order chi connectivity index (χ1) is 12.6. The molecule has 2 N–H and O–H groups in total. The third-order valence-electron chi connectivity index (χ3n) is 4.13. The molecule has 140 valence electrons. The van der Waals surface area contributed by atoms with E-state index in [9.17, 15) is 14.7 Å². The Bertz CT molecular complexity index is 849. The van der Waals surface area contributed by atoms with E-state index in [1.54, 1.807) is 4.57 Å². The Kier molecular flexibility index (Phi) is 6.38. The van der Waals surface area contributed by atoms with Gasteiger partial charge in [0, 0.05) is 11.3 Å². The first-order valence-corrected chi connectivity index (χ1v) is 10.4. The van der Waals surface area contributed by atoms with Gasteiger partial charge >= 0.3 is 5.69 Å². The molecule has 0 atom stereocenters. The molecule has 26 heavy (non-hydrogen) atoms. The van der Waals surface area contributed by atoms with Crippen molar-refractivity contribution >= 4 is 34.1 Å². The Balaban J connectivity index is 1.72. The summed E-state index contributed by atoms with van der Waals surface area (Å²) in [6.45, 7) is 2.15. The minimum absolute atomic E-state index is 0.0927. The normalized spacial score (nSPS) is 13.5. The van der Waals surface area contributed by atoms with Crippen molar-refractivity contribution in [1.29, 1.82) is 0 Å². The van der Waals surface area contributed by atoms with Gasteiger partial charge in [-0.2, -0.15) is 4.98 Å². The second-order valence-electron chi connectivity index (χ2n) is 5.90. The number of nitrogens with zero attached hydrogens (tertiary/aromatic N) is 4. The van der Waals surface area contributed by atoms with E-state index in [1.807, 2.05) is 6.92 Å². The molecule has 0 saturated carbocycles. The standard InChI is InChI=1S/C16H21N5O3S2/c1-2-13-19-20-15(26-13)17-12(23)9-25-14-10-5-3-4-6-11(10)21(7-8-22)16(24)18-14/h22H,2-9H2,1H3,(H,17,20,23). The van der Waals surface area contributed by atoms with Crippen LogP contribution in [0.5, 0.6) is 0 Å². The van der Waals surface area contributed by atoms with E-state index in [4.69, 9.17) is 0 Å². The quantitative estimate of drug-likeness (QED) is 0.536. The molecule has 2 aromatic heterocycles. The maximum atomic E-state index is 12.3. The van der Waals surface area contributed by atoms with Crippen LogP contribution < -0.4 is 11.0 Å². The van der Waals surface area contributed by atoms with Crippen LogP contribution in [0.3, 0.4) is 0 Å². The zero-order valence-electron chi connectivity index (χ0n) is 14.5. The summed E-state index contributed by atoms with van der Waals surface area (Å²) in [4.78, 5) is 28.6. The van der Waals surface area contributed by atoms with Crippen LogP contribution in [0, 0.1) is 0 Å². The number of hydrogen-bond donors (Lipinski definition) is 2. The van der Waals surface area contributed by atoms with Gasteiger partial charge in [-0.15, -0.1) is 10.2 Å². The van der Waals surface area contributed by atoms with Crippen molar-refractivity contribution in [3.8, 4) is 0 Å². The number of rotatable bonds is 7. The van der Waals surface area contributed by atoms with Crippen LogP contribution in [0.2, 0.25) is 0 Å². The molecular formula is C16H21N5O3S2. The second kappa shape index (κ2) is 8.74.